The molecule has 94 valence electrons. The first-order valence-corrected chi connectivity index (χ1v) is 6.22. The molecule has 0 radical (unpaired) electrons. The van der Waals surface area contributed by atoms with E-state index < -0.39 is 0 Å². The predicted octanol–water partition coefficient (Wildman–Crippen LogP) is 1.23. The Morgan fingerprint density at radius 2 is 2.24 bits per heavy atom. The Morgan fingerprint density at radius 3 is 2.82 bits per heavy atom. The Balaban J connectivity index is 2.68. The van der Waals surface area contributed by atoms with Crippen LogP contribution in [-0.4, -0.2) is 21.5 Å². The second kappa shape index (κ2) is 5.95. The Hall–Kier alpha value is -1.17. The lowest BCUT2D eigenvalue weighted by Gasteiger charge is -2.09. The number of nitrogens with one attached hydrogen (secondary N) is 1. The van der Waals surface area contributed by atoms with Gasteiger partial charge in [-0.3, -0.25) is 14.2 Å². The van der Waals surface area contributed by atoms with Gasteiger partial charge in [-0.2, -0.15) is 0 Å². The van der Waals surface area contributed by atoms with E-state index in [2.05, 4.69) is 26.2 Å². The lowest BCUT2D eigenvalue weighted by molar-refractivity contribution is -0.121. The second-order valence-corrected chi connectivity index (χ2v) is 4.91. The Bertz CT molecular complexity index is 468. The summed E-state index contributed by atoms with van der Waals surface area (Å²) in [5.74, 6) is -0.0661. The molecule has 0 aliphatic rings. The molecule has 1 amide bonds. The fourth-order valence-corrected chi connectivity index (χ4v) is 1.65. The van der Waals surface area contributed by atoms with E-state index in [0.717, 1.165) is 0 Å². The van der Waals surface area contributed by atoms with Crippen LogP contribution in [0.4, 0.5) is 0 Å². The largest absolute Gasteiger partial charge is 0.354 e. The summed E-state index contributed by atoms with van der Waals surface area (Å²) in [7, 11) is 0. The quantitative estimate of drug-likeness (QED) is 0.910. The molecule has 0 fully saturated rings. The van der Waals surface area contributed by atoms with Gasteiger partial charge >= 0.3 is 0 Å². The number of aromatic nitrogens is 2. The van der Waals surface area contributed by atoms with Crippen LogP contribution in [0.5, 0.6) is 0 Å². The van der Waals surface area contributed by atoms with Gasteiger partial charge in [0, 0.05) is 19.0 Å². The van der Waals surface area contributed by atoms with Crippen molar-refractivity contribution in [1.29, 1.82) is 0 Å². The molecule has 0 unspecified atom stereocenters. The summed E-state index contributed by atoms with van der Waals surface area (Å²) in [4.78, 5) is 27.3. The summed E-state index contributed by atoms with van der Waals surface area (Å²) in [5.41, 5.74) is 0.493. The minimum Gasteiger partial charge on any atom is -0.354 e. The van der Waals surface area contributed by atoms with E-state index in [1.54, 1.807) is 6.92 Å². The number of nitrogens with zero attached hydrogens (tertiary/aromatic N) is 2. The van der Waals surface area contributed by atoms with Crippen molar-refractivity contribution < 1.29 is 4.79 Å². The van der Waals surface area contributed by atoms with E-state index in [9.17, 15) is 9.59 Å². The maximum absolute atomic E-state index is 11.8. The highest BCUT2D eigenvalue weighted by atomic mass is 79.9. The molecule has 0 spiro atoms. The summed E-state index contributed by atoms with van der Waals surface area (Å²) >= 11 is 3.18. The van der Waals surface area contributed by atoms with Gasteiger partial charge in [-0.15, -0.1) is 0 Å². The van der Waals surface area contributed by atoms with Gasteiger partial charge in [-0.25, -0.2) is 4.98 Å². The minimum atomic E-state index is -0.158. The number of rotatable bonds is 4. The molecule has 0 bridgehead atoms. The molecule has 0 aliphatic heterocycles. The summed E-state index contributed by atoms with van der Waals surface area (Å²) < 4.78 is 1.88. The highest BCUT2D eigenvalue weighted by molar-refractivity contribution is 9.10. The first-order valence-electron chi connectivity index (χ1n) is 5.42. The number of carbonyl (C=O) groups is 1. The van der Waals surface area contributed by atoms with Crippen molar-refractivity contribution in [2.75, 3.05) is 0 Å². The molecule has 1 N–H and O–H groups in total. The number of amides is 1. The van der Waals surface area contributed by atoms with Crippen molar-refractivity contribution in [2.45, 2.75) is 39.8 Å². The number of hydrogen-bond donors (Lipinski definition) is 1. The molecule has 1 aromatic rings. The van der Waals surface area contributed by atoms with Crippen molar-refractivity contribution in [3.63, 3.8) is 0 Å². The molecule has 0 atom stereocenters. The zero-order valence-corrected chi connectivity index (χ0v) is 11.7. The van der Waals surface area contributed by atoms with Crippen molar-refractivity contribution in [2.24, 2.45) is 0 Å². The van der Waals surface area contributed by atoms with Gasteiger partial charge < -0.3 is 5.32 Å². The third kappa shape index (κ3) is 3.96. The van der Waals surface area contributed by atoms with Crippen LogP contribution < -0.4 is 10.9 Å². The van der Waals surface area contributed by atoms with Gasteiger partial charge in [0.25, 0.3) is 5.56 Å². The normalized spacial score (nSPS) is 10.6. The van der Waals surface area contributed by atoms with Crippen molar-refractivity contribution in [3.8, 4) is 0 Å². The molecule has 6 heteroatoms. The third-order valence-corrected chi connectivity index (χ3v) is 3.10. The Kier molecular flexibility index (Phi) is 4.86. The number of halogens is 1. The monoisotopic (exact) mass is 301 g/mol. The van der Waals surface area contributed by atoms with Gasteiger partial charge in [0.1, 0.15) is 4.47 Å². The molecule has 0 saturated heterocycles. The third-order valence-electron chi connectivity index (χ3n) is 2.19. The number of hydrogen-bond acceptors (Lipinski definition) is 3. The molecular formula is C11H16BrN3O2. The van der Waals surface area contributed by atoms with E-state index >= 15 is 0 Å². The maximum Gasteiger partial charge on any atom is 0.267 e. The molecule has 17 heavy (non-hydrogen) atoms. The highest BCUT2D eigenvalue weighted by Gasteiger charge is 2.08. The summed E-state index contributed by atoms with van der Waals surface area (Å²) in [5, 5.41) is 2.77. The van der Waals surface area contributed by atoms with E-state index in [4.69, 9.17) is 0 Å². The second-order valence-electron chi connectivity index (χ2n) is 4.11. The van der Waals surface area contributed by atoms with Gasteiger partial charge in [0.15, 0.2) is 0 Å². The smallest absolute Gasteiger partial charge is 0.267 e. The van der Waals surface area contributed by atoms with Gasteiger partial charge in [0.05, 0.1) is 12.0 Å². The molecular weight excluding hydrogens is 286 g/mol. The standard InChI is InChI=1S/C11H16BrN3O2/c1-7(2)14-9(16)4-5-15-6-13-8(3)10(12)11(15)17/h6-7H,4-5H2,1-3H3,(H,14,16). The minimum absolute atomic E-state index is 0.0661. The average Bonchev–Trinajstić information content (AvgIpc) is 2.24. The topological polar surface area (TPSA) is 64.0 Å². The van der Waals surface area contributed by atoms with Crippen molar-refractivity contribution >= 4 is 21.8 Å². The molecule has 1 rings (SSSR count). The zero-order valence-electron chi connectivity index (χ0n) is 10.2. The van der Waals surface area contributed by atoms with E-state index in [1.165, 1.54) is 10.9 Å². The maximum atomic E-state index is 11.8. The van der Waals surface area contributed by atoms with Gasteiger partial charge in [-0.1, -0.05) is 0 Å². The first-order chi connectivity index (χ1) is 7.91. The molecule has 1 aromatic heterocycles. The number of aryl methyl sites for hydroxylation is 2. The van der Waals surface area contributed by atoms with E-state index in [-0.39, 0.29) is 23.9 Å². The first kappa shape index (κ1) is 13.9. The fraction of sp³-hybridized carbons (Fsp3) is 0.545. The Morgan fingerprint density at radius 1 is 1.59 bits per heavy atom. The summed E-state index contributed by atoms with van der Waals surface area (Å²) in [6.45, 7) is 5.88. The van der Waals surface area contributed by atoms with Crippen LogP contribution in [0.25, 0.3) is 0 Å². The van der Waals surface area contributed by atoms with Crippen molar-refractivity contribution in [1.82, 2.24) is 14.9 Å². The lowest BCUT2D eigenvalue weighted by Crippen LogP contribution is -2.32. The van der Waals surface area contributed by atoms with Crippen LogP contribution >= 0.6 is 15.9 Å². The van der Waals surface area contributed by atoms with Crippen LogP contribution in [0.2, 0.25) is 0 Å². The molecule has 5 nitrogen and oxygen atoms in total. The van der Waals surface area contributed by atoms with Crippen LogP contribution in [0, 0.1) is 6.92 Å². The van der Waals surface area contributed by atoms with Crippen LogP contribution in [0.3, 0.4) is 0 Å². The summed E-state index contributed by atoms with van der Waals surface area (Å²) in [6, 6.07) is 0.113. The highest BCUT2D eigenvalue weighted by Crippen LogP contribution is 2.06. The molecule has 0 saturated carbocycles. The SMILES string of the molecule is Cc1ncn(CCC(=O)NC(C)C)c(=O)c1Br. The van der Waals surface area contributed by atoms with E-state index in [0.29, 0.717) is 16.7 Å². The van der Waals surface area contributed by atoms with E-state index in [1.807, 2.05) is 13.8 Å². The number of carbonyl (C=O) groups excluding carboxylic acids is 1. The molecule has 1 heterocycles. The zero-order chi connectivity index (χ0) is 13.0. The molecule has 0 aliphatic carbocycles. The fourth-order valence-electron chi connectivity index (χ4n) is 1.32. The lowest BCUT2D eigenvalue weighted by atomic mass is 10.3. The van der Waals surface area contributed by atoms with Crippen LogP contribution in [0.1, 0.15) is 26.0 Å². The average molecular weight is 302 g/mol. The summed E-state index contributed by atoms with van der Waals surface area (Å²) in [6.07, 6.45) is 1.74. The molecule has 0 aromatic carbocycles. The van der Waals surface area contributed by atoms with Crippen LogP contribution in [-0.2, 0) is 11.3 Å². The van der Waals surface area contributed by atoms with Crippen LogP contribution in [0.15, 0.2) is 15.6 Å². The van der Waals surface area contributed by atoms with Crippen molar-refractivity contribution in [3.05, 3.63) is 26.8 Å². The van der Waals surface area contributed by atoms with Gasteiger partial charge in [0.2, 0.25) is 5.91 Å². The van der Waals surface area contributed by atoms with Gasteiger partial charge in [-0.05, 0) is 36.7 Å². The predicted molar refractivity (Wildman–Crippen MR) is 68.8 cm³/mol. The Labute approximate surface area is 108 Å².